The predicted molar refractivity (Wildman–Crippen MR) is 92.7 cm³/mol. The van der Waals surface area contributed by atoms with E-state index in [0.717, 1.165) is 19.3 Å². The fourth-order valence-corrected chi connectivity index (χ4v) is 2.72. The van der Waals surface area contributed by atoms with Crippen LogP contribution >= 0.6 is 0 Å². The van der Waals surface area contributed by atoms with Crippen LogP contribution in [0.15, 0.2) is 42.5 Å². The third-order valence-corrected chi connectivity index (χ3v) is 3.94. The van der Waals surface area contributed by atoms with E-state index in [1.54, 1.807) is 18.3 Å². The van der Waals surface area contributed by atoms with E-state index in [0.29, 0.717) is 12.3 Å². The van der Waals surface area contributed by atoms with Crippen LogP contribution in [0.5, 0.6) is 11.6 Å². The van der Waals surface area contributed by atoms with Crippen LogP contribution in [0.25, 0.3) is 0 Å². The summed E-state index contributed by atoms with van der Waals surface area (Å²) in [6.45, 7) is 0.579. The van der Waals surface area contributed by atoms with E-state index in [4.69, 9.17) is 4.74 Å². The number of hydrogen-bond acceptors (Lipinski definition) is 7. The topological polar surface area (TPSA) is 103 Å². The number of rotatable bonds is 7. The first kappa shape index (κ1) is 16.8. The Bertz CT molecular complexity index is 764. The summed E-state index contributed by atoms with van der Waals surface area (Å²) in [4.78, 5) is 22.8. The van der Waals surface area contributed by atoms with Gasteiger partial charge in [-0.15, -0.1) is 0 Å². The van der Waals surface area contributed by atoms with Gasteiger partial charge in [0.2, 0.25) is 5.82 Å². The highest BCUT2D eigenvalue weighted by molar-refractivity contribution is 5.61. The van der Waals surface area contributed by atoms with Crippen LogP contribution in [0.4, 0.5) is 11.5 Å². The van der Waals surface area contributed by atoms with Crippen molar-refractivity contribution >= 4 is 11.5 Å². The molecule has 8 heteroatoms. The zero-order chi connectivity index (χ0) is 17.5. The Morgan fingerprint density at radius 3 is 2.96 bits per heavy atom. The molecule has 25 heavy (non-hydrogen) atoms. The minimum atomic E-state index is -0.534. The average molecular weight is 341 g/mol. The summed E-state index contributed by atoms with van der Waals surface area (Å²) < 4.78 is 5.50. The monoisotopic (exact) mass is 341 g/mol. The molecule has 0 fully saturated rings. The summed E-state index contributed by atoms with van der Waals surface area (Å²) in [5.74, 6) is 0.435. The van der Waals surface area contributed by atoms with Crippen molar-refractivity contribution in [2.75, 3.05) is 11.9 Å². The lowest BCUT2D eigenvalue weighted by Gasteiger charge is -2.13. The predicted octanol–water partition coefficient (Wildman–Crippen LogP) is 3.87. The standard InChI is InChI=1S/C17H19N5O3/c23-22(24)15-16(19-10-8-13-5-2-1-3-6-13)20-12-21-17(15)25-14-7-4-9-18-11-14/h4-5,7,9,11-12H,1-3,6,8,10H2,(H,19,20,21). The molecule has 1 N–H and O–H groups in total. The summed E-state index contributed by atoms with van der Waals surface area (Å²) in [6, 6.07) is 3.33. The van der Waals surface area contributed by atoms with Crippen molar-refractivity contribution in [2.45, 2.75) is 32.1 Å². The van der Waals surface area contributed by atoms with Crippen LogP contribution in [-0.4, -0.2) is 26.4 Å². The molecule has 0 atom stereocenters. The lowest BCUT2D eigenvalue weighted by Crippen LogP contribution is -2.09. The second kappa shape index (κ2) is 8.18. The smallest absolute Gasteiger partial charge is 0.373 e. The first-order valence-electron chi connectivity index (χ1n) is 8.23. The van der Waals surface area contributed by atoms with Crippen molar-refractivity contribution in [1.29, 1.82) is 0 Å². The lowest BCUT2D eigenvalue weighted by atomic mass is 9.97. The van der Waals surface area contributed by atoms with Gasteiger partial charge in [-0.05, 0) is 44.2 Å². The molecule has 0 saturated carbocycles. The molecule has 1 aliphatic carbocycles. The van der Waals surface area contributed by atoms with Crippen LogP contribution < -0.4 is 10.1 Å². The Morgan fingerprint density at radius 2 is 2.24 bits per heavy atom. The fraction of sp³-hybridized carbons (Fsp3) is 0.353. The molecule has 0 bridgehead atoms. The van der Waals surface area contributed by atoms with E-state index in [1.807, 2.05) is 0 Å². The van der Waals surface area contributed by atoms with Crippen molar-refractivity contribution in [3.05, 3.63) is 52.6 Å². The van der Waals surface area contributed by atoms with Gasteiger partial charge in [-0.3, -0.25) is 15.1 Å². The van der Waals surface area contributed by atoms with Gasteiger partial charge in [-0.25, -0.2) is 4.98 Å². The molecular weight excluding hydrogens is 322 g/mol. The highest BCUT2D eigenvalue weighted by Crippen LogP contribution is 2.33. The summed E-state index contributed by atoms with van der Waals surface area (Å²) in [5.41, 5.74) is 1.12. The second-order valence-corrected chi connectivity index (χ2v) is 5.71. The van der Waals surface area contributed by atoms with Gasteiger partial charge < -0.3 is 10.1 Å². The van der Waals surface area contributed by atoms with Crippen LogP contribution in [0.3, 0.4) is 0 Å². The Hall–Kier alpha value is -3.03. The number of pyridine rings is 1. The molecule has 2 aromatic heterocycles. The van der Waals surface area contributed by atoms with Gasteiger partial charge in [-0.1, -0.05) is 11.6 Å². The number of hydrogen-bond donors (Lipinski definition) is 1. The average Bonchev–Trinajstić information content (AvgIpc) is 2.63. The quantitative estimate of drug-likeness (QED) is 0.463. The van der Waals surface area contributed by atoms with E-state index in [2.05, 4.69) is 26.3 Å². The molecule has 1 aliphatic rings. The molecule has 0 radical (unpaired) electrons. The van der Waals surface area contributed by atoms with Crippen molar-refractivity contribution in [1.82, 2.24) is 15.0 Å². The number of ether oxygens (including phenoxy) is 1. The van der Waals surface area contributed by atoms with Crippen LogP contribution in [0, 0.1) is 10.1 Å². The van der Waals surface area contributed by atoms with Gasteiger partial charge in [0.05, 0.1) is 11.1 Å². The largest absolute Gasteiger partial charge is 0.432 e. The lowest BCUT2D eigenvalue weighted by molar-refractivity contribution is -0.385. The van der Waals surface area contributed by atoms with Crippen molar-refractivity contribution in [3.63, 3.8) is 0 Å². The van der Waals surface area contributed by atoms with E-state index in [9.17, 15) is 10.1 Å². The Morgan fingerprint density at radius 1 is 1.32 bits per heavy atom. The summed E-state index contributed by atoms with van der Waals surface area (Å²) in [7, 11) is 0. The molecule has 0 aliphatic heterocycles. The van der Waals surface area contributed by atoms with E-state index in [-0.39, 0.29) is 17.4 Å². The molecule has 8 nitrogen and oxygen atoms in total. The number of nitro groups is 1. The Kier molecular flexibility index (Phi) is 5.50. The van der Waals surface area contributed by atoms with Gasteiger partial charge in [0.1, 0.15) is 12.1 Å². The molecule has 0 aromatic carbocycles. The number of aromatic nitrogens is 3. The zero-order valence-electron chi connectivity index (χ0n) is 13.7. The van der Waals surface area contributed by atoms with Crippen molar-refractivity contribution in [2.24, 2.45) is 0 Å². The minimum Gasteiger partial charge on any atom is -0.432 e. The Balaban J connectivity index is 1.73. The normalized spacial score (nSPS) is 13.8. The number of nitrogens with zero attached hydrogens (tertiary/aromatic N) is 4. The third-order valence-electron chi connectivity index (χ3n) is 3.94. The van der Waals surface area contributed by atoms with Crippen molar-refractivity contribution < 1.29 is 9.66 Å². The van der Waals surface area contributed by atoms with Gasteiger partial charge in [-0.2, -0.15) is 4.98 Å². The number of anilines is 1. The molecule has 3 rings (SSSR count). The molecule has 2 heterocycles. The highest BCUT2D eigenvalue weighted by Gasteiger charge is 2.25. The first-order valence-corrected chi connectivity index (χ1v) is 8.23. The highest BCUT2D eigenvalue weighted by atomic mass is 16.6. The van der Waals surface area contributed by atoms with Crippen LogP contribution in [0.2, 0.25) is 0 Å². The zero-order valence-corrected chi connectivity index (χ0v) is 13.7. The van der Waals surface area contributed by atoms with Crippen LogP contribution in [-0.2, 0) is 0 Å². The summed E-state index contributed by atoms with van der Waals surface area (Å²) in [6.07, 6.45) is 12.1. The number of allylic oxidation sites excluding steroid dienone is 1. The van der Waals surface area contributed by atoms with E-state index < -0.39 is 4.92 Å². The van der Waals surface area contributed by atoms with Gasteiger partial charge in [0.15, 0.2) is 0 Å². The molecule has 0 unspecified atom stereocenters. The second-order valence-electron chi connectivity index (χ2n) is 5.71. The maximum absolute atomic E-state index is 11.5. The maximum Gasteiger partial charge on any atom is 0.373 e. The van der Waals surface area contributed by atoms with Crippen molar-refractivity contribution in [3.8, 4) is 11.6 Å². The van der Waals surface area contributed by atoms with Gasteiger partial charge >= 0.3 is 11.6 Å². The first-order chi connectivity index (χ1) is 12.2. The van der Waals surface area contributed by atoms with Gasteiger partial charge in [0.25, 0.3) is 0 Å². The van der Waals surface area contributed by atoms with Crippen LogP contribution in [0.1, 0.15) is 32.1 Å². The molecule has 0 amide bonds. The minimum absolute atomic E-state index is 0.104. The van der Waals surface area contributed by atoms with E-state index in [1.165, 1.54) is 30.9 Å². The molecule has 0 spiro atoms. The molecular formula is C17H19N5O3. The van der Waals surface area contributed by atoms with Gasteiger partial charge in [0, 0.05) is 12.7 Å². The number of nitrogens with one attached hydrogen (secondary N) is 1. The van der Waals surface area contributed by atoms with E-state index >= 15 is 0 Å². The SMILES string of the molecule is O=[N+]([O-])c1c(NCCC2=CCCCC2)ncnc1Oc1cccnc1. The molecule has 0 saturated heterocycles. The molecule has 2 aromatic rings. The summed E-state index contributed by atoms with van der Waals surface area (Å²) >= 11 is 0. The molecule has 130 valence electrons. The fourth-order valence-electron chi connectivity index (χ4n) is 2.72. The maximum atomic E-state index is 11.5. The third kappa shape index (κ3) is 4.50. The Labute approximate surface area is 145 Å². The summed E-state index contributed by atoms with van der Waals surface area (Å²) in [5, 5.41) is 14.5.